The molecule has 2 nitrogen and oxygen atoms in total. The zero-order chi connectivity index (χ0) is 35.3. The second kappa shape index (κ2) is 17.7. The van der Waals surface area contributed by atoms with Crippen molar-refractivity contribution in [2.24, 2.45) is 4.99 Å². The molecule has 1 atom stereocenters. The van der Waals surface area contributed by atoms with Gasteiger partial charge in [-0.05, 0) is 97.5 Å². The standard InChI is InChI=1S/C41H32N2.3C2H6/c1-27(13-14-29-10-7-24-43-28(29)2)34(23-25-42-3)33-9-6-8-32(26-33)30-15-17-31(18-16-30)35-19-20-39-36-11-4-5-12-37(36)40-22-21-38(35)41(39)40;3*1-2/h4-26,40H,1H2,2-3H3;3*1-2H3/b14-13-,34-23+,42-25?;;;. The maximum Gasteiger partial charge on any atom is 0.0444 e. The van der Waals surface area contributed by atoms with Crippen molar-refractivity contribution < 1.29 is 0 Å². The molecule has 0 saturated heterocycles. The number of rotatable bonds is 7. The molecule has 7 rings (SSSR count). The molecule has 1 aromatic heterocycles. The van der Waals surface area contributed by atoms with Crippen molar-refractivity contribution in [3.05, 3.63) is 167 Å². The summed E-state index contributed by atoms with van der Waals surface area (Å²) in [6, 6.07) is 35.0. The van der Waals surface area contributed by atoms with Crippen molar-refractivity contribution in [1.29, 1.82) is 0 Å². The normalized spacial score (nSPS) is 13.5. The largest absolute Gasteiger partial charge is 0.296 e. The van der Waals surface area contributed by atoms with Gasteiger partial charge in [-0.2, -0.15) is 0 Å². The lowest BCUT2D eigenvalue weighted by atomic mass is 9.91. The first-order chi connectivity index (χ1) is 24.1. The van der Waals surface area contributed by atoms with Gasteiger partial charge in [0.1, 0.15) is 0 Å². The average Bonchev–Trinajstić information content (AvgIpc) is 3.76. The van der Waals surface area contributed by atoms with E-state index in [1.807, 2.05) is 73.0 Å². The summed E-state index contributed by atoms with van der Waals surface area (Å²) in [5.41, 5.74) is 17.0. The van der Waals surface area contributed by atoms with E-state index < -0.39 is 0 Å². The van der Waals surface area contributed by atoms with E-state index in [0.29, 0.717) is 5.92 Å². The van der Waals surface area contributed by atoms with Gasteiger partial charge in [0.15, 0.2) is 0 Å². The smallest absolute Gasteiger partial charge is 0.0444 e. The van der Waals surface area contributed by atoms with Gasteiger partial charge < -0.3 is 0 Å². The molecule has 0 N–H and O–H groups in total. The van der Waals surface area contributed by atoms with E-state index in [1.165, 1.54) is 44.5 Å². The summed E-state index contributed by atoms with van der Waals surface area (Å²) < 4.78 is 0. The third kappa shape index (κ3) is 7.71. The Morgan fingerprint density at radius 2 is 1.45 bits per heavy atom. The summed E-state index contributed by atoms with van der Waals surface area (Å²) in [6.07, 6.45) is 14.5. The molecule has 0 radical (unpaired) electrons. The summed E-state index contributed by atoms with van der Waals surface area (Å²) >= 11 is 0. The lowest BCUT2D eigenvalue weighted by Crippen LogP contribution is -1.92. The Hall–Kier alpha value is -5.34. The van der Waals surface area contributed by atoms with Gasteiger partial charge in [-0.15, -0.1) is 0 Å². The number of aromatic nitrogens is 1. The van der Waals surface area contributed by atoms with Crippen molar-refractivity contribution in [2.45, 2.75) is 54.4 Å². The van der Waals surface area contributed by atoms with Gasteiger partial charge in [0.25, 0.3) is 0 Å². The van der Waals surface area contributed by atoms with Crippen LogP contribution in [-0.4, -0.2) is 18.2 Å². The highest BCUT2D eigenvalue weighted by atomic mass is 14.7. The van der Waals surface area contributed by atoms with Crippen molar-refractivity contribution in [1.82, 2.24) is 4.98 Å². The Morgan fingerprint density at radius 3 is 2.18 bits per heavy atom. The number of aryl methyl sites for hydroxylation is 1. The van der Waals surface area contributed by atoms with Crippen LogP contribution in [0.2, 0.25) is 0 Å². The van der Waals surface area contributed by atoms with Crippen LogP contribution in [0, 0.1) is 6.92 Å². The highest BCUT2D eigenvalue weighted by Gasteiger charge is 2.32. The molecule has 0 amide bonds. The first kappa shape index (κ1) is 36.5. The molecule has 2 heteroatoms. The van der Waals surface area contributed by atoms with Crippen molar-refractivity contribution in [2.75, 3.05) is 7.05 Å². The highest BCUT2D eigenvalue weighted by Crippen LogP contribution is 2.52. The Balaban J connectivity index is 0.000000856. The summed E-state index contributed by atoms with van der Waals surface area (Å²) in [4.78, 5) is 8.60. The van der Waals surface area contributed by atoms with Gasteiger partial charge in [-0.25, -0.2) is 0 Å². The first-order valence-corrected chi connectivity index (χ1v) is 17.7. The minimum Gasteiger partial charge on any atom is -0.296 e. The minimum absolute atomic E-state index is 0.376. The molecule has 49 heavy (non-hydrogen) atoms. The van der Waals surface area contributed by atoms with Crippen molar-refractivity contribution in [3.8, 4) is 33.4 Å². The molecule has 0 saturated carbocycles. The lowest BCUT2D eigenvalue weighted by Gasteiger charge is -2.13. The molecular weight excluding hydrogens is 593 g/mol. The van der Waals surface area contributed by atoms with E-state index >= 15 is 0 Å². The van der Waals surface area contributed by atoms with E-state index in [9.17, 15) is 0 Å². The Kier molecular flexibility index (Phi) is 13.2. The van der Waals surface area contributed by atoms with Gasteiger partial charge in [0, 0.05) is 31.1 Å². The summed E-state index contributed by atoms with van der Waals surface area (Å²) in [5.74, 6) is 0.376. The third-order valence-corrected chi connectivity index (χ3v) is 8.59. The fourth-order valence-electron chi connectivity index (χ4n) is 6.40. The predicted molar refractivity (Wildman–Crippen MR) is 217 cm³/mol. The van der Waals surface area contributed by atoms with E-state index in [1.54, 1.807) is 7.05 Å². The number of allylic oxidation sites excluding steroid dienone is 5. The molecule has 0 fully saturated rings. The zero-order valence-corrected chi connectivity index (χ0v) is 30.5. The van der Waals surface area contributed by atoms with Crippen LogP contribution in [0.4, 0.5) is 0 Å². The van der Waals surface area contributed by atoms with Gasteiger partial charge in [0.05, 0.1) is 0 Å². The molecule has 1 unspecified atom stereocenters. The Morgan fingerprint density at radius 1 is 0.735 bits per heavy atom. The number of pyridine rings is 1. The molecule has 0 spiro atoms. The number of nitrogens with zero attached hydrogens (tertiary/aromatic N) is 2. The van der Waals surface area contributed by atoms with Gasteiger partial charge in [0.2, 0.25) is 0 Å². The monoisotopic (exact) mass is 642 g/mol. The van der Waals surface area contributed by atoms with Crippen LogP contribution in [0.5, 0.6) is 0 Å². The minimum atomic E-state index is 0.376. The second-order valence-corrected chi connectivity index (χ2v) is 11.1. The molecule has 248 valence electrons. The number of benzene rings is 4. The van der Waals surface area contributed by atoms with Crippen LogP contribution in [0.3, 0.4) is 0 Å². The van der Waals surface area contributed by atoms with Gasteiger partial charge in [-0.1, -0.05) is 157 Å². The highest BCUT2D eigenvalue weighted by molar-refractivity contribution is 5.95. The van der Waals surface area contributed by atoms with Gasteiger partial charge in [-0.3, -0.25) is 9.98 Å². The predicted octanol–water partition coefficient (Wildman–Crippen LogP) is 13.3. The van der Waals surface area contributed by atoms with Crippen LogP contribution in [-0.2, 0) is 0 Å². The molecule has 5 aromatic rings. The van der Waals surface area contributed by atoms with Crippen LogP contribution >= 0.6 is 0 Å². The fraction of sp³-hybridized carbons (Fsp3) is 0.191. The quantitative estimate of drug-likeness (QED) is 0.128. The second-order valence-electron chi connectivity index (χ2n) is 11.1. The summed E-state index contributed by atoms with van der Waals surface area (Å²) in [7, 11) is 1.78. The van der Waals surface area contributed by atoms with Crippen LogP contribution in [0.25, 0.3) is 51.1 Å². The van der Waals surface area contributed by atoms with E-state index in [4.69, 9.17) is 0 Å². The number of fused-ring (bicyclic) bond motifs is 3. The van der Waals surface area contributed by atoms with E-state index in [0.717, 1.165) is 33.5 Å². The average molecular weight is 643 g/mol. The maximum atomic E-state index is 4.40. The first-order valence-electron chi connectivity index (χ1n) is 17.7. The molecular formula is C47H50N2. The Bertz CT molecular complexity index is 2000. The maximum absolute atomic E-state index is 4.40. The van der Waals surface area contributed by atoms with Crippen LogP contribution < -0.4 is 0 Å². The molecule has 0 aliphatic heterocycles. The third-order valence-electron chi connectivity index (χ3n) is 8.59. The molecule has 1 heterocycles. The van der Waals surface area contributed by atoms with E-state index in [2.05, 4.69) is 132 Å². The zero-order valence-electron chi connectivity index (χ0n) is 30.5. The van der Waals surface area contributed by atoms with E-state index in [-0.39, 0.29) is 0 Å². The molecule has 4 aromatic carbocycles. The number of aliphatic imine (C=N–C) groups is 1. The van der Waals surface area contributed by atoms with Crippen molar-refractivity contribution >= 4 is 23.9 Å². The van der Waals surface area contributed by atoms with Crippen LogP contribution in [0.1, 0.15) is 81.0 Å². The molecule has 2 aliphatic carbocycles. The van der Waals surface area contributed by atoms with Crippen LogP contribution in [0.15, 0.2) is 139 Å². The molecule has 0 bridgehead atoms. The fourth-order valence-corrected chi connectivity index (χ4v) is 6.40. The summed E-state index contributed by atoms with van der Waals surface area (Å²) in [6.45, 7) is 18.4. The van der Waals surface area contributed by atoms with Gasteiger partial charge >= 0.3 is 0 Å². The SMILES string of the molecule is C=C(/C=C\c1cccnc1C)/C(=C\C=NC)c1cccc(-c2ccc(-c3ccc4c5c3C=CC5c3ccccc3-4)cc2)c1.CC.CC.CC. The number of hydrogen-bond acceptors (Lipinski definition) is 2. The van der Waals surface area contributed by atoms with Crippen molar-refractivity contribution in [3.63, 3.8) is 0 Å². The topological polar surface area (TPSA) is 25.2 Å². The Labute approximate surface area is 295 Å². The number of hydrogen-bond donors (Lipinski definition) is 0. The molecule has 2 aliphatic rings. The lowest BCUT2D eigenvalue weighted by molar-refractivity contribution is 1.10. The summed E-state index contributed by atoms with van der Waals surface area (Å²) in [5, 5.41) is 0.